The van der Waals surface area contributed by atoms with Crippen LogP contribution in [0.15, 0.2) is 52.9 Å². The molecule has 0 radical (unpaired) electrons. The zero-order chi connectivity index (χ0) is 17.9. The van der Waals surface area contributed by atoms with Crippen molar-refractivity contribution in [2.75, 3.05) is 12.4 Å². The molecule has 26 heavy (non-hydrogen) atoms. The fourth-order valence-corrected chi connectivity index (χ4v) is 3.32. The number of fused-ring (bicyclic) bond motifs is 1. The van der Waals surface area contributed by atoms with Gasteiger partial charge in [0.25, 0.3) is 5.91 Å². The number of ether oxygens (including phenoxy) is 2. The highest BCUT2D eigenvalue weighted by atomic mass is 16.5. The number of benzene rings is 2. The number of amides is 1. The SMILES string of the molecule is COc1cccc2cc(C(=O)Nc3ccc(OC4CCCC4)cc3)oc12. The molecule has 2 aromatic carbocycles. The summed E-state index contributed by atoms with van der Waals surface area (Å²) in [6, 6.07) is 14.7. The van der Waals surface area contributed by atoms with E-state index >= 15 is 0 Å². The molecule has 3 aromatic rings. The average Bonchev–Trinajstić information content (AvgIpc) is 3.32. The Morgan fingerprint density at radius 3 is 2.62 bits per heavy atom. The van der Waals surface area contributed by atoms with Crippen molar-refractivity contribution in [3.8, 4) is 11.5 Å². The van der Waals surface area contributed by atoms with E-state index in [2.05, 4.69) is 5.32 Å². The Morgan fingerprint density at radius 2 is 1.88 bits per heavy atom. The topological polar surface area (TPSA) is 60.7 Å². The molecule has 4 rings (SSSR count). The summed E-state index contributed by atoms with van der Waals surface area (Å²) >= 11 is 0. The quantitative estimate of drug-likeness (QED) is 0.701. The van der Waals surface area contributed by atoms with E-state index in [1.165, 1.54) is 12.8 Å². The second kappa shape index (κ2) is 7.12. The fraction of sp³-hybridized carbons (Fsp3) is 0.286. The van der Waals surface area contributed by atoms with Gasteiger partial charge in [-0.2, -0.15) is 0 Å². The van der Waals surface area contributed by atoms with Crippen LogP contribution in [0.5, 0.6) is 11.5 Å². The van der Waals surface area contributed by atoms with Crippen LogP contribution in [0.4, 0.5) is 5.69 Å². The molecule has 1 fully saturated rings. The van der Waals surface area contributed by atoms with Crippen LogP contribution in [0.2, 0.25) is 0 Å². The van der Waals surface area contributed by atoms with Crippen LogP contribution >= 0.6 is 0 Å². The summed E-state index contributed by atoms with van der Waals surface area (Å²) in [5.41, 5.74) is 1.27. The molecule has 5 nitrogen and oxygen atoms in total. The molecule has 0 bridgehead atoms. The first-order valence-corrected chi connectivity index (χ1v) is 8.87. The molecular formula is C21H21NO4. The van der Waals surface area contributed by atoms with Crippen LogP contribution in [0.1, 0.15) is 36.2 Å². The molecule has 1 amide bonds. The number of carbonyl (C=O) groups excluding carboxylic acids is 1. The molecule has 0 aliphatic heterocycles. The van der Waals surface area contributed by atoms with Crippen molar-refractivity contribution in [3.05, 3.63) is 54.3 Å². The van der Waals surface area contributed by atoms with E-state index in [0.717, 1.165) is 24.0 Å². The lowest BCUT2D eigenvalue weighted by molar-refractivity contribution is 0.0998. The van der Waals surface area contributed by atoms with Gasteiger partial charge in [-0.1, -0.05) is 12.1 Å². The van der Waals surface area contributed by atoms with Crippen LogP contribution < -0.4 is 14.8 Å². The summed E-state index contributed by atoms with van der Waals surface area (Å²) in [6.45, 7) is 0. The molecule has 1 aliphatic carbocycles. The number of hydrogen-bond donors (Lipinski definition) is 1. The summed E-state index contributed by atoms with van der Waals surface area (Å²) in [5.74, 6) is 1.39. The number of hydrogen-bond acceptors (Lipinski definition) is 4. The number of furan rings is 1. The number of rotatable bonds is 5. The predicted molar refractivity (Wildman–Crippen MR) is 100 cm³/mol. The van der Waals surface area contributed by atoms with Gasteiger partial charge in [-0.25, -0.2) is 0 Å². The molecule has 1 heterocycles. The number of para-hydroxylation sites is 1. The molecule has 0 spiro atoms. The highest BCUT2D eigenvalue weighted by Gasteiger charge is 2.17. The first-order chi connectivity index (χ1) is 12.7. The van der Waals surface area contributed by atoms with E-state index in [4.69, 9.17) is 13.9 Å². The minimum Gasteiger partial charge on any atom is -0.493 e. The summed E-state index contributed by atoms with van der Waals surface area (Å²) in [6.07, 6.45) is 5.03. The van der Waals surface area contributed by atoms with Crippen molar-refractivity contribution >= 4 is 22.6 Å². The number of nitrogens with one attached hydrogen (secondary N) is 1. The molecule has 1 N–H and O–H groups in total. The third-order valence-corrected chi connectivity index (χ3v) is 4.67. The summed E-state index contributed by atoms with van der Waals surface area (Å²) in [4.78, 5) is 12.5. The lowest BCUT2D eigenvalue weighted by atomic mass is 10.2. The first-order valence-electron chi connectivity index (χ1n) is 8.87. The standard InChI is InChI=1S/C21H21NO4/c1-24-18-8-4-5-14-13-19(26-20(14)18)21(23)22-15-9-11-17(12-10-15)25-16-6-2-3-7-16/h4-5,8-13,16H,2-3,6-7H2,1H3,(H,22,23). The fourth-order valence-electron chi connectivity index (χ4n) is 3.32. The highest BCUT2D eigenvalue weighted by molar-refractivity contribution is 6.05. The first kappa shape index (κ1) is 16.5. The van der Waals surface area contributed by atoms with Crippen molar-refractivity contribution in [2.45, 2.75) is 31.8 Å². The third kappa shape index (κ3) is 3.38. The summed E-state index contributed by atoms with van der Waals surface area (Å²) < 4.78 is 16.9. The summed E-state index contributed by atoms with van der Waals surface area (Å²) in [7, 11) is 1.58. The Kier molecular flexibility index (Phi) is 4.52. The number of carbonyl (C=O) groups is 1. The zero-order valence-electron chi connectivity index (χ0n) is 14.7. The second-order valence-corrected chi connectivity index (χ2v) is 6.49. The molecule has 0 saturated heterocycles. The van der Waals surface area contributed by atoms with Crippen LogP contribution in [0.3, 0.4) is 0 Å². The smallest absolute Gasteiger partial charge is 0.291 e. The summed E-state index contributed by atoms with van der Waals surface area (Å²) in [5, 5.41) is 3.68. The van der Waals surface area contributed by atoms with Crippen molar-refractivity contribution < 1.29 is 18.7 Å². The lowest BCUT2D eigenvalue weighted by Gasteiger charge is -2.13. The monoisotopic (exact) mass is 351 g/mol. The van der Waals surface area contributed by atoms with Gasteiger partial charge < -0.3 is 19.2 Å². The van der Waals surface area contributed by atoms with Crippen LogP contribution in [0, 0.1) is 0 Å². The largest absolute Gasteiger partial charge is 0.493 e. The molecule has 1 aliphatic rings. The molecule has 0 unspecified atom stereocenters. The molecule has 134 valence electrons. The van der Waals surface area contributed by atoms with Crippen molar-refractivity contribution in [2.24, 2.45) is 0 Å². The van der Waals surface area contributed by atoms with E-state index in [1.807, 2.05) is 36.4 Å². The minimum absolute atomic E-state index is 0.246. The Hall–Kier alpha value is -2.95. The van der Waals surface area contributed by atoms with Crippen molar-refractivity contribution in [1.29, 1.82) is 0 Å². The van der Waals surface area contributed by atoms with Gasteiger partial charge in [-0.15, -0.1) is 0 Å². The van der Waals surface area contributed by atoms with Crippen molar-refractivity contribution in [1.82, 2.24) is 0 Å². The maximum atomic E-state index is 12.5. The van der Waals surface area contributed by atoms with Crippen LogP contribution in [0.25, 0.3) is 11.0 Å². The van der Waals surface area contributed by atoms with Crippen LogP contribution in [-0.2, 0) is 0 Å². The number of anilines is 1. The molecule has 1 aromatic heterocycles. The minimum atomic E-state index is -0.298. The van der Waals surface area contributed by atoms with Gasteiger partial charge in [0.2, 0.25) is 0 Å². The molecule has 5 heteroatoms. The Morgan fingerprint density at radius 1 is 1.12 bits per heavy atom. The highest BCUT2D eigenvalue weighted by Crippen LogP contribution is 2.29. The van der Waals surface area contributed by atoms with Gasteiger partial charge in [0, 0.05) is 11.1 Å². The molecule has 0 atom stereocenters. The van der Waals surface area contributed by atoms with E-state index in [0.29, 0.717) is 23.1 Å². The van der Waals surface area contributed by atoms with Gasteiger partial charge in [0.1, 0.15) is 5.75 Å². The predicted octanol–water partition coefficient (Wildman–Crippen LogP) is 5.02. The lowest BCUT2D eigenvalue weighted by Crippen LogP contribution is -2.12. The average molecular weight is 351 g/mol. The van der Waals surface area contributed by atoms with Crippen molar-refractivity contribution in [3.63, 3.8) is 0 Å². The normalized spacial score (nSPS) is 14.5. The van der Waals surface area contributed by atoms with Gasteiger partial charge >= 0.3 is 0 Å². The van der Waals surface area contributed by atoms with Gasteiger partial charge in [-0.05, 0) is 62.1 Å². The van der Waals surface area contributed by atoms with E-state index in [-0.39, 0.29) is 11.7 Å². The van der Waals surface area contributed by atoms with Crippen LogP contribution in [-0.4, -0.2) is 19.1 Å². The maximum Gasteiger partial charge on any atom is 0.291 e. The Balaban J connectivity index is 1.45. The second-order valence-electron chi connectivity index (χ2n) is 6.49. The maximum absolute atomic E-state index is 12.5. The zero-order valence-corrected chi connectivity index (χ0v) is 14.7. The van der Waals surface area contributed by atoms with Gasteiger partial charge in [0.15, 0.2) is 17.1 Å². The Labute approximate surface area is 151 Å². The van der Waals surface area contributed by atoms with Gasteiger partial charge in [-0.3, -0.25) is 4.79 Å². The third-order valence-electron chi connectivity index (χ3n) is 4.67. The van der Waals surface area contributed by atoms with E-state index in [9.17, 15) is 4.79 Å². The molecule has 1 saturated carbocycles. The Bertz CT molecular complexity index is 907. The number of methoxy groups -OCH3 is 1. The van der Waals surface area contributed by atoms with E-state index < -0.39 is 0 Å². The molecular weight excluding hydrogens is 330 g/mol. The van der Waals surface area contributed by atoms with Gasteiger partial charge in [0.05, 0.1) is 13.2 Å². The van der Waals surface area contributed by atoms with E-state index in [1.54, 1.807) is 19.2 Å².